The molecule has 0 saturated carbocycles. The van der Waals surface area contributed by atoms with Gasteiger partial charge in [0.05, 0.1) is 0 Å². The molecule has 0 aliphatic rings. The predicted octanol–water partition coefficient (Wildman–Crippen LogP) is 4.23. The zero-order valence-electron chi connectivity index (χ0n) is 13.9. The highest BCUT2D eigenvalue weighted by molar-refractivity contribution is 6.03. The smallest absolute Gasteiger partial charge is 0.274 e. The SMILES string of the molecule is Cc1cc(C)cc(NC(=O)c2cc(Nc3ccc(F)cc3)ncn2)c1. The van der Waals surface area contributed by atoms with Crippen molar-refractivity contribution in [3.63, 3.8) is 0 Å². The van der Waals surface area contributed by atoms with Gasteiger partial charge in [0.2, 0.25) is 0 Å². The molecule has 1 aromatic heterocycles. The molecule has 0 saturated heterocycles. The second-order valence-corrected chi connectivity index (χ2v) is 5.75. The van der Waals surface area contributed by atoms with Crippen LogP contribution >= 0.6 is 0 Å². The molecule has 0 atom stereocenters. The van der Waals surface area contributed by atoms with E-state index in [1.165, 1.54) is 18.5 Å². The van der Waals surface area contributed by atoms with Crippen molar-refractivity contribution in [3.8, 4) is 0 Å². The summed E-state index contributed by atoms with van der Waals surface area (Å²) in [5.41, 5.74) is 3.75. The van der Waals surface area contributed by atoms with Gasteiger partial charge in [-0.25, -0.2) is 14.4 Å². The monoisotopic (exact) mass is 336 g/mol. The van der Waals surface area contributed by atoms with Gasteiger partial charge >= 0.3 is 0 Å². The van der Waals surface area contributed by atoms with Crippen LogP contribution in [0.3, 0.4) is 0 Å². The van der Waals surface area contributed by atoms with E-state index in [2.05, 4.69) is 20.6 Å². The highest BCUT2D eigenvalue weighted by Gasteiger charge is 2.10. The molecule has 0 bridgehead atoms. The standard InChI is InChI=1S/C19H17FN4O/c1-12-7-13(2)9-16(8-12)24-19(25)17-10-18(22-11-21-17)23-15-5-3-14(20)4-6-15/h3-11H,1-2H3,(H,24,25)(H,21,22,23). The van der Waals surface area contributed by atoms with Crippen molar-refractivity contribution >= 4 is 23.1 Å². The number of hydrogen-bond acceptors (Lipinski definition) is 4. The van der Waals surface area contributed by atoms with E-state index in [1.807, 2.05) is 32.0 Å². The largest absolute Gasteiger partial charge is 0.340 e. The van der Waals surface area contributed by atoms with E-state index < -0.39 is 0 Å². The Bertz CT molecular complexity index is 889. The minimum Gasteiger partial charge on any atom is -0.340 e. The molecule has 1 amide bonds. The molecule has 0 fully saturated rings. The predicted molar refractivity (Wildman–Crippen MR) is 95.6 cm³/mol. The number of halogens is 1. The van der Waals surface area contributed by atoms with E-state index in [1.54, 1.807) is 18.2 Å². The van der Waals surface area contributed by atoms with Gasteiger partial charge in [-0.15, -0.1) is 0 Å². The van der Waals surface area contributed by atoms with Crippen LogP contribution in [-0.2, 0) is 0 Å². The Balaban J connectivity index is 1.76. The van der Waals surface area contributed by atoms with Crippen LogP contribution in [0.4, 0.5) is 21.6 Å². The number of rotatable bonds is 4. The number of amides is 1. The first kappa shape index (κ1) is 16.6. The fourth-order valence-electron chi connectivity index (χ4n) is 2.47. The first-order valence-corrected chi connectivity index (χ1v) is 7.74. The second kappa shape index (κ2) is 7.09. The average molecular weight is 336 g/mol. The number of hydrogen-bond donors (Lipinski definition) is 2. The average Bonchev–Trinajstić information content (AvgIpc) is 2.56. The van der Waals surface area contributed by atoms with Crippen LogP contribution in [0.1, 0.15) is 21.6 Å². The van der Waals surface area contributed by atoms with Gasteiger partial charge in [0.25, 0.3) is 5.91 Å². The summed E-state index contributed by atoms with van der Waals surface area (Å²) in [7, 11) is 0. The molecule has 3 rings (SSSR count). The molecule has 5 nitrogen and oxygen atoms in total. The quantitative estimate of drug-likeness (QED) is 0.748. The molecular weight excluding hydrogens is 319 g/mol. The summed E-state index contributed by atoms with van der Waals surface area (Å²) in [5, 5.41) is 5.84. The molecule has 0 aliphatic heterocycles. The van der Waals surface area contributed by atoms with Crippen LogP contribution in [0.2, 0.25) is 0 Å². The fraction of sp³-hybridized carbons (Fsp3) is 0.105. The van der Waals surface area contributed by atoms with Crippen molar-refractivity contribution in [3.05, 3.63) is 77.5 Å². The van der Waals surface area contributed by atoms with Gasteiger partial charge < -0.3 is 10.6 Å². The Labute approximate surface area is 145 Å². The molecule has 126 valence electrons. The number of carbonyl (C=O) groups excluding carboxylic acids is 1. The molecule has 0 aliphatic carbocycles. The summed E-state index contributed by atoms with van der Waals surface area (Å²) in [5.74, 6) is -0.191. The zero-order valence-corrected chi connectivity index (χ0v) is 13.9. The van der Waals surface area contributed by atoms with Gasteiger partial charge in [0, 0.05) is 17.4 Å². The Kier molecular flexibility index (Phi) is 4.70. The maximum absolute atomic E-state index is 13.0. The van der Waals surface area contributed by atoms with Crippen LogP contribution < -0.4 is 10.6 Å². The maximum atomic E-state index is 13.0. The first-order chi connectivity index (χ1) is 12.0. The van der Waals surface area contributed by atoms with Crippen molar-refractivity contribution in [2.75, 3.05) is 10.6 Å². The van der Waals surface area contributed by atoms with E-state index in [0.717, 1.165) is 11.1 Å². The highest BCUT2D eigenvalue weighted by atomic mass is 19.1. The Morgan fingerprint density at radius 1 is 0.920 bits per heavy atom. The van der Waals surface area contributed by atoms with Crippen LogP contribution in [-0.4, -0.2) is 15.9 Å². The van der Waals surface area contributed by atoms with Gasteiger partial charge in [-0.2, -0.15) is 0 Å². The summed E-state index contributed by atoms with van der Waals surface area (Å²) in [4.78, 5) is 20.5. The molecular formula is C19H17FN4O. The lowest BCUT2D eigenvalue weighted by molar-refractivity contribution is 0.102. The zero-order chi connectivity index (χ0) is 17.8. The number of nitrogens with zero attached hydrogens (tertiary/aromatic N) is 2. The van der Waals surface area contributed by atoms with E-state index in [-0.39, 0.29) is 17.4 Å². The molecule has 2 N–H and O–H groups in total. The van der Waals surface area contributed by atoms with E-state index in [9.17, 15) is 9.18 Å². The number of aryl methyl sites for hydroxylation is 2. The van der Waals surface area contributed by atoms with Crippen molar-refractivity contribution in [1.29, 1.82) is 0 Å². The third kappa shape index (κ3) is 4.38. The van der Waals surface area contributed by atoms with Gasteiger partial charge in [0.15, 0.2) is 0 Å². The van der Waals surface area contributed by atoms with Crippen molar-refractivity contribution < 1.29 is 9.18 Å². The summed E-state index contributed by atoms with van der Waals surface area (Å²) in [6.45, 7) is 3.94. The van der Waals surface area contributed by atoms with Crippen LogP contribution in [0, 0.1) is 19.7 Å². The lowest BCUT2D eigenvalue weighted by Gasteiger charge is -2.09. The Hall–Kier alpha value is -3.28. The van der Waals surface area contributed by atoms with E-state index in [0.29, 0.717) is 17.2 Å². The van der Waals surface area contributed by atoms with E-state index in [4.69, 9.17) is 0 Å². The highest BCUT2D eigenvalue weighted by Crippen LogP contribution is 2.17. The number of carbonyl (C=O) groups is 1. The Morgan fingerprint density at radius 2 is 1.60 bits per heavy atom. The molecule has 1 heterocycles. The molecule has 6 heteroatoms. The first-order valence-electron chi connectivity index (χ1n) is 7.74. The van der Waals surface area contributed by atoms with Gasteiger partial charge in [0.1, 0.15) is 23.7 Å². The van der Waals surface area contributed by atoms with Crippen LogP contribution in [0.5, 0.6) is 0 Å². The van der Waals surface area contributed by atoms with Crippen LogP contribution in [0.15, 0.2) is 54.9 Å². The molecule has 3 aromatic rings. The van der Waals surface area contributed by atoms with Gasteiger partial charge in [-0.3, -0.25) is 4.79 Å². The third-order valence-corrected chi connectivity index (χ3v) is 3.50. The maximum Gasteiger partial charge on any atom is 0.274 e. The van der Waals surface area contributed by atoms with Gasteiger partial charge in [-0.05, 0) is 61.4 Å². The van der Waals surface area contributed by atoms with Crippen molar-refractivity contribution in [1.82, 2.24) is 9.97 Å². The summed E-state index contributed by atoms with van der Waals surface area (Å²) < 4.78 is 13.0. The van der Waals surface area contributed by atoms with Crippen LogP contribution in [0.25, 0.3) is 0 Å². The minimum absolute atomic E-state index is 0.235. The molecule has 0 radical (unpaired) electrons. The third-order valence-electron chi connectivity index (χ3n) is 3.50. The second-order valence-electron chi connectivity index (χ2n) is 5.75. The molecule has 2 aromatic carbocycles. The molecule has 0 unspecified atom stereocenters. The summed E-state index contributed by atoms with van der Waals surface area (Å²) in [6, 6.07) is 13.2. The van der Waals surface area contributed by atoms with Gasteiger partial charge in [-0.1, -0.05) is 6.07 Å². The molecule has 25 heavy (non-hydrogen) atoms. The fourth-order valence-corrected chi connectivity index (χ4v) is 2.47. The lowest BCUT2D eigenvalue weighted by atomic mass is 10.1. The topological polar surface area (TPSA) is 66.9 Å². The van der Waals surface area contributed by atoms with E-state index >= 15 is 0 Å². The normalized spacial score (nSPS) is 10.4. The van der Waals surface area contributed by atoms with Crippen molar-refractivity contribution in [2.45, 2.75) is 13.8 Å². The number of nitrogens with one attached hydrogen (secondary N) is 2. The Morgan fingerprint density at radius 3 is 2.28 bits per heavy atom. The summed E-state index contributed by atoms with van der Waals surface area (Å²) >= 11 is 0. The van der Waals surface area contributed by atoms with Crippen molar-refractivity contribution in [2.24, 2.45) is 0 Å². The number of anilines is 3. The summed E-state index contributed by atoms with van der Waals surface area (Å²) in [6.07, 6.45) is 1.31. The lowest BCUT2D eigenvalue weighted by Crippen LogP contribution is -2.14. The molecule has 0 spiro atoms. The number of benzene rings is 2. The number of aromatic nitrogens is 2. The minimum atomic E-state index is -0.324.